The molecule has 2 amide bonds. The largest absolute Gasteiger partial charge is 0.325 e. The van der Waals surface area contributed by atoms with Crippen molar-refractivity contribution in [3.05, 3.63) is 36.4 Å². The zero-order valence-corrected chi connectivity index (χ0v) is 11.0. The highest BCUT2D eigenvalue weighted by atomic mass is 19.1. The number of urea groups is 1. The van der Waals surface area contributed by atoms with E-state index >= 15 is 0 Å². The van der Waals surface area contributed by atoms with E-state index in [-0.39, 0.29) is 6.03 Å². The minimum absolute atomic E-state index is 0.228. The molecule has 1 N–H and O–H groups in total. The Morgan fingerprint density at radius 1 is 1.37 bits per heavy atom. The number of pyridine rings is 1. The fraction of sp³-hybridized carbons (Fsp3) is 0.286. The lowest BCUT2D eigenvalue weighted by molar-refractivity contribution is 0.217. The van der Waals surface area contributed by atoms with Crippen LogP contribution in [0.1, 0.15) is 13.8 Å². The van der Waals surface area contributed by atoms with E-state index in [9.17, 15) is 9.18 Å². The first kappa shape index (κ1) is 13.3. The molecule has 2 rings (SSSR count). The minimum Gasteiger partial charge on any atom is -0.325 e. The number of aromatic nitrogens is 1. The molecule has 0 aliphatic rings. The van der Waals surface area contributed by atoms with Gasteiger partial charge in [-0.15, -0.1) is 0 Å². The van der Waals surface area contributed by atoms with Crippen LogP contribution in [-0.2, 0) is 0 Å². The maximum Gasteiger partial charge on any atom is 0.321 e. The molecule has 0 unspecified atom stereocenters. The first-order valence-electron chi connectivity index (χ1n) is 6.25. The summed E-state index contributed by atoms with van der Waals surface area (Å²) in [4.78, 5) is 17.6. The van der Waals surface area contributed by atoms with Gasteiger partial charge < -0.3 is 10.2 Å². The Morgan fingerprint density at radius 3 is 2.79 bits per heavy atom. The molecule has 0 radical (unpaired) electrons. The second-order valence-electron chi connectivity index (χ2n) is 4.15. The lowest BCUT2D eigenvalue weighted by Crippen LogP contribution is -2.34. The molecule has 0 atom stereocenters. The maximum absolute atomic E-state index is 13.5. The zero-order valence-electron chi connectivity index (χ0n) is 11.0. The summed E-state index contributed by atoms with van der Waals surface area (Å²) in [7, 11) is 0. The van der Waals surface area contributed by atoms with Crippen LogP contribution in [0.3, 0.4) is 0 Å². The average molecular weight is 261 g/mol. The highest BCUT2D eigenvalue weighted by Crippen LogP contribution is 2.24. The predicted octanol–water partition coefficient (Wildman–Crippen LogP) is 3.25. The van der Waals surface area contributed by atoms with E-state index in [1.165, 1.54) is 12.1 Å². The molecule has 5 heteroatoms. The van der Waals surface area contributed by atoms with Crippen LogP contribution >= 0.6 is 0 Å². The third-order valence-corrected chi connectivity index (χ3v) is 3.01. The van der Waals surface area contributed by atoms with E-state index in [2.05, 4.69) is 10.3 Å². The van der Waals surface area contributed by atoms with Crippen LogP contribution in [0.5, 0.6) is 0 Å². The molecular formula is C14H16FN3O. The number of nitrogens with zero attached hydrogens (tertiary/aromatic N) is 2. The average Bonchev–Trinajstić information content (AvgIpc) is 2.40. The maximum atomic E-state index is 13.5. The summed E-state index contributed by atoms with van der Waals surface area (Å²) in [6, 6.07) is 4.25. The molecule has 1 aromatic carbocycles. The quantitative estimate of drug-likeness (QED) is 0.921. The monoisotopic (exact) mass is 261 g/mol. The number of anilines is 1. The van der Waals surface area contributed by atoms with E-state index in [4.69, 9.17) is 0 Å². The van der Waals surface area contributed by atoms with Crippen molar-refractivity contribution in [1.82, 2.24) is 9.88 Å². The second kappa shape index (κ2) is 5.65. The third kappa shape index (κ3) is 2.81. The van der Waals surface area contributed by atoms with Crippen LogP contribution in [0.25, 0.3) is 10.8 Å². The number of benzene rings is 1. The summed E-state index contributed by atoms with van der Waals surface area (Å²) in [5.41, 5.74) is 0.467. The molecule has 0 bridgehead atoms. The summed E-state index contributed by atoms with van der Waals surface area (Å²) >= 11 is 0. The molecule has 19 heavy (non-hydrogen) atoms. The van der Waals surface area contributed by atoms with Crippen molar-refractivity contribution in [3.63, 3.8) is 0 Å². The van der Waals surface area contributed by atoms with E-state index in [1.54, 1.807) is 23.4 Å². The van der Waals surface area contributed by atoms with E-state index in [0.29, 0.717) is 24.2 Å². The van der Waals surface area contributed by atoms with E-state index < -0.39 is 5.82 Å². The standard InChI is InChI=1S/C14H16FN3O/c1-3-18(4-2)14(19)17-13-8-11(15)7-10-9-16-6-5-12(10)13/h5-9H,3-4H2,1-2H3,(H,17,19). The Morgan fingerprint density at radius 2 is 2.11 bits per heavy atom. The number of nitrogens with one attached hydrogen (secondary N) is 1. The first-order valence-corrected chi connectivity index (χ1v) is 6.25. The summed E-state index contributed by atoms with van der Waals surface area (Å²) in [6.07, 6.45) is 3.19. The molecule has 0 aliphatic heterocycles. The molecule has 1 aromatic heterocycles. The smallest absolute Gasteiger partial charge is 0.321 e. The lowest BCUT2D eigenvalue weighted by Gasteiger charge is -2.19. The van der Waals surface area contributed by atoms with Crippen LogP contribution in [-0.4, -0.2) is 29.0 Å². The molecule has 4 nitrogen and oxygen atoms in total. The van der Waals surface area contributed by atoms with Crippen molar-refractivity contribution in [1.29, 1.82) is 0 Å². The van der Waals surface area contributed by atoms with Gasteiger partial charge >= 0.3 is 6.03 Å². The highest BCUT2D eigenvalue weighted by molar-refractivity contribution is 6.01. The SMILES string of the molecule is CCN(CC)C(=O)Nc1cc(F)cc2cnccc12. The van der Waals surface area contributed by atoms with Crippen molar-refractivity contribution in [2.24, 2.45) is 0 Å². The van der Waals surface area contributed by atoms with Gasteiger partial charge in [-0.1, -0.05) is 0 Å². The fourth-order valence-electron chi connectivity index (χ4n) is 1.98. The number of carbonyl (C=O) groups is 1. The number of carbonyl (C=O) groups excluding carboxylic acids is 1. The van der Waals surface area contributed by atoms with Gasteiger partial charge in [0.25, 0.3) is 0 Å². The number of halogens is 1. The van der Waals surface area contributed by atoms with Gasteiger partial charge in [0, 0.05) is 36.3 Å². The molecule has 0 fully saturated rings. The molecule has 0 spiro atoms. The molecular weight excluding hydrogens is 245 g/mol. The van der Waals surface area contributed by atoms with Gasteiger partial charge in [-0.2, -0.15) is 0 Å². The fourth-order valence-corrected chi connectivity index (χ4v) is 1.98. The summed E-state index contributed by atoms with van der Waals surface area (Å²) in [5, 5.41) is 4.19. The van der Waals surface area contributed by atoms with E-state index in [0.717, 1.165) is 5.39 Å². The number of hydrogen-bond donors (Lipinski definition) is 1. The Hall–Kier alpha value is -2.17. The molecule has 1 heterocycles. The molecule has 0 aliphatic carbocycles. The molecule has 0 saturated heterocycles. The summed E-state index contributed by atoms with van der Waals surface area (Å²) < 4.78 is 13.5. The van der Waals surface area contributed by atoms with Crippen LogP contribution in [0, 0.1) is 5.82 Å². The number of rotatable bonds is 3. The third-order valence-electron chi connectivity index (χ3n) is 3.01. The Bertz CT molecular complexity index is 596. The number of hydrogen-bond acceptors (Lipinski definition) is 2. The van der Waals surface area contributed by atoms with Gasteiger partial charge in [-0.25, -0.2) is 9.18 Å². The van der Waals surface area contributed by atoms with Crippen molar-refractivity contribution < 1.29 is 9.18 Å². The first-order chi connectivity index (χ1) is 9.15. The van der Waals surface area contributed by atoms with Gasteiger partial charge in [-0.3, -0.25) is 4.98 Å². The van der Waals surface area contributed by atoms with Crippen LogP contribution < -0.4 is 5.32 Å². The number of fused-ring (bicyclic) bond motifs is 1. The number of amides is 2. The van der Waals surface area contributed by atoms with Gasteiger partial charge in [0.1, 0.15) is 5.82 Å². The topological polar surface area (TPSA) is 45.2 Å². The lowest BCUT2D eigenvalue weighted by atomic mass is 10.1. The predicted molar refractivity (Wildman–Crippen MR) is 73.6 cm³/mol. The molecule has 0 saturated carbocycles. The zero-order chi connectivity index (χ0) is 13.8. The molecule has 100 valence electrons. The van der Waals surface area contributed by atoms with Gasteiger partial charge in [0.15, 0.2) is 0 Å². The summed E-state index contributed by atoms with van der Waals surface area (Å²) in [5.74, 6) is -0.393. The minimum atomic E-state index is -0.393. The van der Waals surface area contributed by atoms with Crippen LogP contribution in [0.15, 0.2) is 30.6 Å². The van der Waals surface area contributed by atoms with Crippen molar-refractivity contribution in [2.75, 3.05) is 18.4 Å². The molecule has 2 aromatic rings. The second-order valence-corrected chi connectivity index (χ2v) is 4.15. The Balaban J connectivity index is 2.37. The van der Waals surface area contributed by atoms with E-state index in [1.807, 2.05) is 13.8 Å². The van der Waals surface area contributed by atoms with Gasteiger partial charge in [0.2, 0.25) is 0 Å². The van der Waals surface area contributed by atoms with Crippen molar-refractivity contribution >= 4 is 22.5 Å². The van der Waals surface area contributed by atoms with Crippen molar-refractivity contribution in [3.8, 4) is 0 Å². The van der Waals surface area contributed by atoms with Crippen LogP contribution in [0.2, 0.25) is 0 Å². The van der Waals surface area contributed by atoms with Crippen LogP contribution in [0.4, 0.5) is 14.9 Å². The highest BCUT2D eigenvalue weighted by Gasteiger charge is 2.12. The summed E-state index contributed by atoms with van der Waals surface area (Å²) in [6.45, 7) is 5.02. The Kier molecular flexibility index (Phi) is 3.94. The normalized spacial score (nSPS) is 10.5. The van der Waals surface area contributed by atoms with Crippen molar-refractivity contribution in [2.45, 2.75) is 13.8 Å². The van der Waals surface area contributed by atoms with Gasteiger partial charge in [0.05, 0.1) is 5.69 Å². The van der Waals surface area contributed by atoms with Gasteiger partial charge in [-0.05, 0) is 32.0 Å². The Labute approximate surface area is 111 Å².